The molecule has 1 rings (SSSR count). The second-order valence-electron chi connectivity index (χ2n) is 4.00. The van der Waals surface area contributed by atoms with E-state index in [9.17, 15) is 9.59 Å². The Morgan fingerprint density at radius 1 is 1.47 bits per heavy atom. The van der Waals surface area contributed by atoms with Gasteiger partial charge in [0.2, 0.25) is 0 Å². The van der Waals surface area contributed by atoms with Crippen LogP contribution in [0.2, 0.25) is 0 Å². The van der Waals surface area contributed by atoms with Gasteiger partial charge in [0.25, 0.3) is 0 Å². The molecule has 0 heterocycles. The average molecular weight is 217 g/mol. The van der Waals surface area contributed by atoms with Gasteiger partial charge in [-0.3, -0.25) is 4.84 Å². The van der Waals surface area contributed by atoms with E-state index >= 15 is 0 Å². The Kier molecular flexibility index (Phi) is 3.52. The van der Waals surface area contributed by atoms with Crippen molar-refractivity contribution in [3.8, 4) is 0 Å². The molecule has 1 aliphatic rings. The van der Waals surface area contributed by atoms with Gasteiger partial charge >= 0.3 is 12.1 Å². The first-order valence-corrected chi connectivity index (χ1v) is 4.80. The summed E-state index contributed by atoms with van der Waals surface area (Å²) >= 11 is 0. The molecule has 2 N–H and O–H groups in total. The Hall–Kier alpha value is -1.30. The Balaban J connectivity index is 2.20. The van der Waals surface area contributed by atoms with Crippen LogP contribution in [0.1, 0.15) is 26.7 Å². The highest BCUT2D eigenvalue weighted by molar-refractivity contribution is 5.81. The zero-order chi connectivity index (χ0) is 11.5. The molecule has 0 radical (unpaired) electrons. The third-order valence-electron chi connectivity index (χ3n) is 1.97. The van der Waals surface area contributed by atoms with Gasteiger partial charge in [-0.15, -0.1) is 0 Å². The van der Waals surface area contributed by atoms with Crippen LogP contribution < -0.4 is 5.48 Å². The molecule has 86 valence electrons. The summed E-state index contributed by atoms with van der Waals surface area (Å²) in [5.74, 6) is -0.836. The smallest absolute Gasteiger partial charge is 0.431 e. The fourth-order valence-corrected chi connectivity index (χ4v) is 0.884. The lowest BCUT2D eigenvalue weighted by Gasteiger charge is -2.12. The first-order chi connectivity index (χ1) is 6.96. The maximum atomic E-state index is 11.0. The van der Waals surface area contributed by atoms with Crippen molar-refractivity contribution < 1.29 is 24.3 Å². The molecule has 1 amide bonds. The normalized spacial score (nSPS) is 17.3. The third-order valence-corrected chi connectivity index (χ3v) is 1.97. The number of hydrogen-bond donors (Lipinski definition) is 2. The second kappa shape index (κ2) is 4.48. The largest absolute Gasteiger partial charge is 0.479 e. The number of aliphatic carboxylic acids is 1. The van der Waals surface area contributed by atoms with Gasteiger partial charge < -0.3 is 9.84 Å². The molecule has 0 aromatic rings. The molecular weight excluding hydrogens is 202 g/mol. The second-order valence-corrected chi connectivity index (χ2v) is 4.00. The Labute approximate surface area is 87.5 Å². The SMILES string of the molecule is CC(C)COC(=O)NOC1(C(=O)O)CC1. The number of nitrogens with one attached hydrogen (secondary N) is 1. The quantitative estimate of drug-likeness (QED) is 0.669. The Morgan fingerprint density at radius 2 is 2.07 bits per heavy atom. The number of hydroxylamine groups is 1. The molecule has 0 saturated heterocycles. The first kappa shape index (κ1) is 11.8. The van der Waals surface area contributed by atoms with Crippen LogP contribution in [-0.4, -0.2) is 29.4 Å². The number of carbonyl (C=O) groups excluding carboxylic acids is 1. The monoisotopic (exact) mass is 217 g/mol. The maximum Gasteiger partial charge on any atom is 0.431 e. The molecule has 6 nitrogen and oxygen atoms in total. The van der Waals surface area contributed by atoms with Crippen LogP contribution >= 0.6 is 0 Å². The number of ether oxygens (including phenoxy) is 1. The predicted octanol–water partition coefficient (Wildman–Crippen LogP) is 0.917. The van der Waals surface area contributed by atoms with Crippen molar-refractivity contribution in [1.82, 2.24) is 5.48 Å². The van der Waals surface area contributed by atoms with Gasteiger partial charge in [-0.25, -0.2) is 9.59 Å². The lowest BCUT2D eigenvalue weighted by Crippen LogP contribution is -2.36. The van der Waals surface area contributed by atoms with Gasteiger partial charge in [-0.2, -0.15) is 5.48 Å². The van der Waals surface area contributed by atoms with Crippen molar-refractivity contribution in [3.63, 3.8) is 0 Å². The molecule has 1 fully saturated rings. The molecule has 0 atom stereocenters. The van der Waals surface area contributed by atoms with Crippen molar-refractivity contribution in [2.75, 3.05) is 6.61 Å². The summed E-state index contributed by atoms with van der Waals surface area (Å²) in [7, 11) is 0. The summed E-state index contributed by atoms with van der Waals surface area (Å²) < 4.78 is 4.74. The van der Waals surface area contributed by atoms with Crippen LogP contribution in [0.25, 0.3) is 0 Å². The van der Waals surface area contributed by atoms with Gasteiger partial charge in [0, 0.05) is 0 Å². The highest BCUT2D eigenvalue weighted by Gasteiger charge is 2.53. The predicted molar refractivity (Wildman–Crippen MR) is 50.0 cm³/mol. The van der Waals surface area contributed by atoms with Gasteiger partial charge in [0.15, 0.2) is 5.60 Å². The number of carboxylic acid groups (broad SMARTS) is 1. The summed E-state index contributed by atoms with van der Waals surface area (Å²) in [6.07, 6.45) is 0.0655. The van der Waals surface area contributed by atoms with E-state index in [4.69, 9.17) is 14.7 Å². The van der Waals surface area contributed by atoms with Crippen molar-refractivity contribution in [1.29, 1.82) is 0 Å². The van der Waals surface area contributed by atoms with E-state index in [-0.39, 0.29) is 12.5 Å². The number of carbonyl (C=O) groups is 2. The molecule has 0 bridgehead atoms. The van der Waals surface area contributed by atoms with E-state index in [1.807, 2.05) is 19.3 Å². The van der Waals surface area contributed by atoms with Crippen LogP contribution in [0.4, 0.5) is 4.79 Å². The maximum absolute atomic E-state index is 11.0. The summed E-state index contributed by atoms with van der Waals surface area (Å²) in [4.78, 5) is 26.4. The Morgan fingerprint density at radius 3 is 2.47 bits per heavy atom. The molecular formula is C9H15NO5. The topological polar surface area (TPSA) is 84.9 Å². The highest BCUT2D eigenvalue weighted by atomic mass is 16.7. The fraction of sp³-hybridized carbons (Fsp3) is 0.778. The van der Waals surface area contributed by atoms with Crippen LogP contribution in [0.5, 0.6) is 0 Å². The molecule has 0 aromatic carbocycles. The lowest BCUT2D eigenvalue weighted by molar-refractivity contribution is -0.158. The molecule has 0 aromatic heterocycles. The van der Waals surface area contributed by atoms with Gasteiger partial charge in [-0.1, -0.05) is 13.8 Å². The van der Waals surface area contributed by atoms with Crippen LogP contribution in [0.15, 0.2) is 0 Å². The zero-order valence-corrected chi connectivity index (χ0v) is 8.78. The molecule has 0 aliphatic heterocycles. The Bertz CT molecular complexity index is 259. The number of amides is 1. The van der Waals surface area contributed by atoms with Crippen LogP contribution in [-0.2, 0) is 14.4 Å². The minimum Gasteiger partial charge on any atom is -0.479 e. The molecule has 1 aliphatic carbocycles. The van der Waals surface area contributed by atoms with E-state index in [1.54, 1.807) is 0 Å². The average Bonchev–Trinajstić information content (AvgIpc) is 2.92. The van der Waals surface area contributed by atoms with Crippen LogP contribution in [0.3, 0.4) is 0 Å². The summed E-state index contributed by atoms with van der Waals surface area (Å²) in [6.45, 7) is 4.07. The minimum atomic E-state index is -1.23. The third kappa shape index (κ3) is 3.39. The molecule has 0 spiro atoms. The van der Waals surface area contributed by atoms with Gasteiger partial charge in [-0.05, 0) is 18.8 Å². The first-order valence-electron chi connectivity index (χ1n) is 4.80. The molecule has 1 saturated carbocycles. The number of carboxylic acids is 1. The molecule has 0 unspecified atom stereocenters. The minimum absolute atomic E-state index is 0.227. The van der Waals surface area contributed by atoms with Crippen LogP contribution in [0, 0.1) is 5.92 Å². The van der Waals surface area contributed by atoms with E-state index in [0.29, 0.717) is 12.8 Å². The van der Waals surface area contributed by atoms with E-state index < -0.39 is 17.7 Å². The van der Waals surface area contributed by atoms with Gasteiger partial charge in [0.05, 0.1) is 6.61 Å². The van der Waals surface area contributed by atoms with Crippen molar-refractivity contribution in [3.05, 3.63) is 0 Å². The molecule has 15 heavy (non-hydrogen) atoms. The van der Waals surface area contributed by atoms with Crippen molar-refractivity contribution in [2.45, 2.75) is 32.3 Å². The van der Waals surface area contributed by atoms with Crippen molar-refractivity contribution in [2.24, 2.45) is 5.92 Å². The fourth-order valence-electron chi connectivity index (χ4n) is 0.884. The zero-order valence-electron chi connectivity index (χ0n) is 8.78. The van der Waals surface area contributed by atoms with E-state index in [1.165, 1.54) is 0 Å². The number of hydrogen-bond acceptors (Lipinski definition) is 4. The lowest BCUT2D eigenvalue weighted by atomic mass is 10.2. The summed E-state index contributed by atoms with van der Waals surface area (Å²) in [5, 5.41) is 8.72. The van der Waals surface area contributed by atoms with E-state index in [0.717, 1.165) is 0 Å². The van der Waals surface area contributed by atoms with E-state index in [2.05, 4.69) is 0 Å². The van der Waals surface area contributed by atoms with Crippen molar-refractivity contribution >= 4 is 12.1 Å². The summed E-state index contributed by atoms with van der Waals surface area (Å²) in [5.41, 5.74) is 0.755. The van der Waals surface area contributed by atoms with Gasteiger partial charge in [0.1, 0.15) is 0 Å². The summed E-state index contributed by atoms with van der Waals surface area (Å²) in [6, 6.07) is 0. The highest BCUT2D eigenvalue weighted by Crippen LogP contribution is 2.38. The number of rotatable bonds is 5. The molecule has 6 heteroatoms. The standard InChI is InChI=1S/C9H15NO5/c1-6(2)5-14-8(13)10-15-9(3-4-9)7(11)12/h6H,3-5H2,1-2H3,(H,10,13)(H,11,12).